The molecule has 0 atom stereocenters. The zero-order valence-electron chi connectivity index (χ0n) is 20.6. The molecule has 7 heteroatoms. The Kier molecular flexibility index (Phi) is 8.84. The number of para-hydroxylation sites is 1. The van der Waals surface area contributed by atoms with Crippen LogP contribution in [-0.4, -0.2) is 35.9 Å². The Morgan fingerprint density at radius 3 is 2.54 bits per heavy atom. The first-order valence-corrected chi connectivity index (χ1v) is 12.0. The number of carbonyl (C=O) groups excluding carboxylic acids is 1. The van der Waals surface area contributed by atoms with Crippen molar-refractivity contribution < 1.29 is 14.3 Å². The first kappa shape index (κ1) is 25.4. The van der Waals surface area contributed by atoms with Crippen molar-refractivity contribution in [2.24, 2.45) is 0 Å². The van der Waals surface area contributed by atoms with Crippen LogP contribution >= 0.6 is 0 Å². The third-order valence-corrected chi connectivity index (χ3v) is 5.59. The van der Waals surface area contributed by atoms with Crippen LogP contribution < -0.4 is 10.1 Å². The number of hydrogen-bond acceptors (Lipinski definition) is 5. The van der Waals surface area contributed by atoms with Gasteiger partial charge in [0, 0.05) is 37.6 Å². The highest BCUT2D eigenvalue weighted by Gasteiger charge is 2.15. The normalized spacial score (nSPS) is 11.1. The molecule has 1 amide bonds. The lowest BCUT2D eigenvalue weighted by Gasteiger charge is -2.08. The Morgan fingerprint density at radius 2 is 1.81 bits per heavy atom. The van der Waals surface area contributed by atoms with Crippen molar-refractivity contribution in [3.63, 3.8) is 0 Å². The molecule has 186 valence electrons. The zero-order chi connectivity index (χ0) is 25.9. The van der Waals surface area contributed by atoms with Gasteiger partial charge in [-0.1, -0.05) is 60.7 Å². The summed E-state index contributed by atoms with van der Waals surface area (Å²) in [5, 5.41) is 17.3. The minimum atomic E-state index is -0.433. The fourth-order valence-electron chi connectivity index (χ4n) is 3.72. The topological polar surface area (TPSA) is 89.2 Å². The lowest BCUT2D eigenvalue weighted by molar-refractivity contribution is -0.117. The van der Waals surface area contributed by atoms with Gasteiger partial charge in [0.05, 0.1) is 5.69 Å². The van der Waals surface area contributed by atoms with Crippen LogP contribution in [0.3, 0.4) is 0 Å². The second kappa shape index (κ2) is 12.9. The molecule has 0 unspecified atom stereocenters. The van der Waals surface area contributed by atoms with E-state index in [1.165, 1.54) is 0 Å². The van der Waals surface area contributed by atoms with Gasteiger partial charge in [0.1, 0.15) is 29.7 Å². The van der Waals surface area contributed by atoms with Gasteiger partial charge in [-0.25, -0.2) is 4.68 Å². The largest absolute Gasteiger partial charge is 0.489 e. The highest BCUT2D eigenvalue weighted by atomic mass is 16.5. The molecule has 0 spiro atoms. The Morgan fingerprint density at radius 1 is 1.05 bits per heavy atom. The van der Waals surface area contributed by atoms with Crippen LogP contribution in [0.15, 0.2) is 96.7 Å². The minimum absolute atomic E-state index is 0.00256. The van der Waals surface area contributed by atoms with Gasteiger partial charge in [-0.05, 0) is 42.3 Å². The van der Waals surface area contributed by atoms with Crippen molar-refractivity contribution in [2.75, 3.05) is 20.3 Å². The van der Waals surface area contributed by atoms with Crippen molar-refractivity contribution in [1.29, 1.82) is 5.26 Å². The molecule has 1 aromatic heterocycles. The van der Waals surface area contributed by atoms with Gasteiger partial charge in [-0.15, -0.1) is 0 Å². The maximum absolute atomic E-state index is 12.7. The monoisotopic (exact) mass is 492 g/mol. The summed E-state index contributed by atoms with van der Waals surface area (Å²) in [6.45, 7) is 1.39. The van der Waals surface area contributed by atoms with Crippen LogP contribution in [0.4, 0.5) is 0 Å². The number of methoxy groups -OCH3 is 1. The lowest BCUT2D eigenvalue weighted by atomic mass is 10.1. The van der Waals surface area contributed by atoms with E-state index in [1.54, 1.807) is 17.9 Å². The van der Waals surface area contributed by atoms with Gasteiger partial charge in [0.15, 0.2) is 0 Å². The number of ether oxygens (including phenoxy) is 2. The molecule has 37 heavy (non-hydrogen) atoms. The van der Waals surface area contributed by atoms with Crippen LogP contribution in [0, 0.1) is 11.3 Å². The van der Waals surface area contributed by atoms with Crippen molar-refractivity contribution in [1.82, 2.24) is 15.1 Å². The summed E-state index contributed by atoms with van der Waals surface area (Å²) in [7, 11) is 1.61. The van der Waals surface area contributed by atoms with E-state index in [2.05, 4.69) is 5.32 Å². The van der Waals surface area contributed by atoms with E-state index < -0.39 is 5.91 Å². The van der Waals surface area contributed by atoms with Crippen LogP contribution in [0.25, 0.3) is 23.0 Å². The molecule has 0 saturated carbocycles. The van der Waals surface area contributed by atoms with Crippen LogP contribution in [-0.2, 0) is 16.1 Å². The first-order valence-electron chi connectivity index (χ1n) is 12.0. The summed E-state index contributed by atoms with van der Waals surface area (Å²) >= 11 is 0. The van der Waals surface area contributed by atoms with Gasteiger partial charge in [0.2, 0.25) is 0 Å². The molecule has 0 fully saturated rings. The smallest absolute Gasteiger partial charge is 0.261 e. The van der Waals surface area contributed by atoms with Gasteiger partial charge in [0.25, 0.3) is 5.91 Å². The van der Waals surface area contributed by atoms with Gasteiger partial charge in [-0.3, -0.25) is 4.79 Å². The van der Waals surface area contributed by atoms with Gasteiger partial charge < -0.3 is 14.8 Å². The number of amides is 1. The summed E-state index contributed by atoms with van der Waals surface area (Å²) in [6.07, 6.45) is 4.05. The fourth-order valence-corrected chi connectivity index (χ4v) is 3.72. The van der Waals surface area contributed by atoms with E-state index in [0.29, 0.717) is 43.2 Å². The summed E-state index contributed by atoms with van der Waals surface area (Å²) in [6, 6.07) is 29.3. The molecule has 7 nitrogen and oxygen atoms in total. The molecular formula is C30H28N4O3. The van der Waals surface area contributed by atoms with Crippen molar-refractivity contribution >= 4 is 12.0 Å². The number of hydrogen-bond donors (Lipinski definition) is 1. The maximum atomic E-state index is 12.7. The zero-order valence-corrected chi connectivity index (χ0v) is 20.6. The maximum Gasteiger partial charge on any atom is 0.261 e. The fraction of sp³-hybridized carbons (Fsp3) is 0.167. The highest BCUT2D eigenvalue weighted by Crippen LogP contribution is 2.29. The average molecular weight is 493 g/mol. The predicted octanol–water partition coefficient (Wildman–Crippen LogP) is 5.18. The van der Waals surface area contributed by atoms with Crippen LogP contribution in [0.5, 0.6) is 5.75 Å². The molecule has 4 aromatic rings. The molecule has 1 heterocycles. The van der Waals surface area contributed by atoms with Gasteiger partial charge in [-0.2, -0.15) is 10.4 Å². The summed E-state index contributed by atoms with van der Waals surface area (Å²) in [4.78, 5) is 12.7. The summed E-state index contributed by atoms with van der Waals surface area (Å²) < 4.78 is 12.8. The Balaban J connectivity index is 1.65. The van der Waals surface area contributed by atoms with E-state index in [9.17, 15) is 10.1 Å². The van der Waals surface area contributed by atoms with Crippen molar-refractivity contribution in [2.45, 2.75) is 13.0 Å². The number of nitrogens with zero attached hydrogens (tertiary/aromatic N) is 3. The van der Waals surface area contributed by atoms with Crippen molar-refractivity contribution in [3.05, 3.63) is 108 Å². The number of nitriles is 1. The molecule has 0 aliphatic heterocycles. The number of nitrogens with one attached hydrogen (secondary N) is 1. The Bertz CT molecular complexity index is 1390. The molecule has 4 rings (SSSR count). The minimum Gasteiger partial charge on any atom is -0.489 e. The third-order valence-electron chi connectivity index (χ3n) is 5.59. The predicted molar refractivity (Wildman–Crippen MR) is 143 cm³/mol. The summed E-state index contributed by atoms with van der Waals surface area (Å²) in [5.74, 6) is 0.263. The molecule has 0 aliphatic rings. The number of benzene rings is 3. The quantitative estimate of drug-likeness (QED) is 0.177. The highest BCUT2D eigenvalue weighted by molar-refractivity contribution is 6.02. The Hall–Kier alpha value is -4.67. The van der Waals surface area contributed by atoms with Gasteiger partial charge >= 0.3 is 0 Å². The molecule has 0 bridgehead atoms. The van der Waals surface area contributed by atoms with E-state index in [-0.39, 0.29) is 5.57 Å². The third kappa shape index (κ3) is 6.94. The molecule has 0 saturated heterocycles. The van der Waals surface area contributed by atoms with Crippen LogP contribution in [0.2, 0.25) is 0 Å². The second-order valence-corrected chi connectivity index (χ2v) is 8.29. The number of carbonyl (C=O) groups is 1. The van der Waals surface area contributed by atoms with Crippen LogP contribution in [0.1, 0.15) is 17.5 Å². The average Bonchev–Trinajstić information content (AvgIpc) is 3.38. The number of rotatable bonds is 11. The molecule has 1 N–H and O–H groups in total. The standard InChI is InChI=1S/C30H28N4O3/c1-36-17-9-16-32-30(35)25(20-31)18-26-21-34(27-13-6-3-7-14-27)33-29(26)24-12-8-15-28(19-24)37-22-23-10-4-2-5-11-23/h2-8,10-15,18-19,21H,9,16-17,22H2,1H3,(H,32,35)/b25-18-. The SMILES string of the molecule is COCCCNC(=O)/C(C#N)=C\c1cn(-c2ccccc2)nc1-c1cccc(OCc2ccccc2)c1. The summed E-state index contributed by atoms with van der Waals surface area (Å²) in [5.41, 5.74) is 4.02. The molecule has 0 radical (unpaired) electrons. The first-order chi connectivity index (χ1) is 18.2. The number of aromatic nitrogens is 2. The second-order valence-electron chi connectivity index (χ2n) is 8.29. The van der Waals surface area contributed by atoms with E-state index in [1.807, 2.05) is 97.2 Å². The Labute approximate surface area is 216 Å². The lowest BCUT2D eigenvalue weighted by Crippen LogP contribution is -2.26. The molecule has 0 aliphatic carbocycles. The molecular weight excluding hydrogens is 464 g/mol. The molecule has 3 aromatic carbocycles. The van der Waals surface area contributed by atoms with E-state index in [4.69, 9.17) is 14.6 Å². The van der Waals surface area contributed by atoms with E-state index >= 15 is 0 Å². The van der Waals surface area contributed by atoms with Crippen molar-refractivity contribution in [3.8, 4) is 28.8 Å². The van der Waals surface area contributed by atoms with E-state index in [0.717, 1.165) is 16.8 Å².